The highest BCUT2D eigenvalue weighted by Crippen LogP contribution is 2.10. The van der Waals surface area contributed by atoms with Crippen molar-refractivity contribution in [1.82, 2.24) is 5.32 Å². The molecule has 1 aromatic rings. The van der Waals surface area contributed by atoms with Crippen LogP contribution in [0.5, 0.6) is 0 Å². The van der Waals surface area contributed by atoms with Crippen LogP contribution in [-0.4, -0.2) is 23.6 Å². The molecule has 0 aromatic heterocycles. The Bertz CT molecular complexity index is 371. The molecule has 1 unspecified atom stereocenters. The van der Waals surface area contributed by atoms with E-state index in [0.717, 1.165) is 5.56 Å². The highest BCUT2D eigenvalue weighted by molar-refractivity contribution is 5.85. The van der Waals surface area contributed by atoms with Crippen LogP contribution in [0.15, 0.2) is 30.3 Å². The maximum absolute atomic E-state index is 11.7. The number of hydrogen-bond donors (Lipinski definition) is 3. The fourth-order valence-electron chi connectivity index (χ4n) is 1.74. The quantitative estimate of drug-likeness (QED) is 0.744. The predicted molar refractivity (Wildman–Crippen MR) is 79.1 cm³/mol. The number of aliphatic hydroxyl groups excluding tert-OH is 1. The number of nitrogens with one attached hydrogen (secondary N) is 1. The molecule has 0 aliphatic heterocycles. The van der Waals surface area contributed by atoms with Crippen molar-refractivity contribution < 1.29 is 9.90 Å². The third kappa shape index (κ3) is 6.57. The van der Waals surface area contributed by atoms with E-state index >= 15 is 0 Å². The standard InChI is InChI=1S/C14H22N2O2.ClH/c1-10(2)8-12(15)14(18)16-9-13(17)11-6-4-3-5-7-11;/h3-7,10,12-13,17H,8-9,15H2,1-2H3,(H,16,18);1H/t12-,13?;/m0./s1. The van der Waals surface area contributed by atoms with E-state index in [1.165, 1.54) is 0 Å². The normalized spacial score (nSPS) is 13.5. The van der Waals surface area contributed by atoms with E-state index in [4.69, 9.17) is 5.73 Å². The molecule has 0 radical (unpaired) electrons. The Morgan fingerprint density at radius 2 is 1.89 bits per heavy atom. The Balaban J connectivity index is 0.00000324. The molecule has 0 spiro atoms. The van der Waals surface area contributed by atoms with Crippen molar-refractivity contribution in [1.29, 1.82) is 0 Å². The van der Waals surface area contributed by atoms with Crippen LogP contribution in [0.3, 0.4) is 0 Å². The van der Waals surface area contributed by atoms with Crippen LogP contribution in [-0.2, 0) is 4.79 Å². The molecule has 4 N–H and O–H groups in total. The van der Waals surface area contributed by atoms with Crippen LogP contribution in [0.4, 0.5) is 0 Å². The number of nitrogens with two attached hydrogens (primary N) is 1. The lowest BCUT2D eigenvalue weighted by molar-refractivity contribution is -0.123. The Hall–Kier alpha value is -1.10. The molecule has 0 aliphatic carbocycles. The van der Waals surface area contributed by atoms with E-state index < -0.39 is 12.1 Å². The number of carbonyl (C=O) groups is 1. The molecule has 1 amide bonds. The lowest BCUT2D eigenvalue weighted by Gasteiger charge is -2.16. The van der Waals surface area contributed by atoms with Gasteiger partial charge < -0.3 is 16.2 Å². The molecular weight excluding hydrogens is 264 g/mol. The Labute approximate surface area is 120 Å². The Morgan fingerprint density at radius 3 is 2.42 bits per heavy atom. The molecule has 0 saturated heterocycles. The van der Waals surface area contributed by atoms with Gasteiger partial charge in [0.25, 0.3) is 0 Å². The topological polar surface area (TPSA) is 75.4 Å². The first-order valence-electron chi connectivity index (χ1n) is 6.27. The van der Waals surface area contributed by atoms with Crippen LogP contribution in [0.25, 0.3) is 0 Å². The number of aliphatic hydroxyl groups is 1. The first-order valence-corrected chi connectivity index (χ1v) is 6.27. The molecule has 2 atom stereocenters. The molecule has 0 saturated carbocycles. The average molecular weight is 287 g/mol. The summed E-state index contributed by atoms with van der Waals surface area (Å²) in [5.74, 6) is 0.170. The fraction of sp³-hybridized carbons (Fsp3) is 0.500. The summed E-state index contributed by atoms with van der Waals surface area (Å²) in [5, 5.41) is 12.5. The van der Waals surface area contributed by atoms with Gasteiger partial charge in [-0.3, -0.25) is 4.79 Å². The zero-order valence-electron chi connectivity index (χ0n) is 11.4. The van der Waals surface area contributed by atoms with Crippen molar-refractivity contribution in [3.05, 3.63) is 35.9 Å². The average Bonchev–Trinajstić information content (AvgIpc) is 2.35. The SMILES string of the molecule is CC(C)C[C@H](N)C(=O)NCC(O)c1ccccc1.Cl. The minimum absolute atomic E-state index is 0. The summed E-state index contributed by atoms with van der Waals surface area (Å²) in [4.78, 5) is 11.7. The zero-order chi connectivity index (χ0) is 13.5. The molecule has 0 heterocycles. The van der Waals surface area contributed by atoms with Crippen molar-refractivity contribution in [3.8, 4) is 0 Å². The smallest absolute Gasteiger partial charge is 0.237 e. The minimum atomic E-state index is -0.693. The number of hydrogen-bond acceptors (Lipinski definition) is 3. The molecule has 0 fully saturated rings. The summed E-state index contributed by atoms with van der Waals surface area (Å²) in [7, 11) is 0. The molecular formula is C14H23ClN2O2. The molecule has 1 rings (SSSR count). The molecule has 4 nitrogen and oxygen atoms in total. The summed E-state index contributed by atoms with van der Waals surface area (Å²) in [5.41, 5.74) is 6.54. The van der Waals surface area contributed by atoms with E-state index in [-0.39, 0.29) is 24.9 Å². The number of halogens is 1. The van der Waals surface area contributed by atoms with Crippen LogP contribution < -0.4 is 11.1 Å². The van der Waals surface area contributed by atoms with Gasteiger partial charge in [0.05, 0.1) is 12.1 Å². The van der Waals surface area contributed by atoms with Gasteiger partial charge in [0.15, 0.2) is 0 Å². The van der Waals surface area contributed by atoms with Crippen LogP contribution in [0, 0.1) is 5.92 Å². The van der Waals surface area contributed by atoms with Gasteiger partial charge in [-0.1, -0.05) is 44.2 Å². The van der Waals surface area contributed by atoms with Crippen molar-refractivity contribution in [2.45, 2.75) is 32.4 Å². The summed E-state index contributed by atoms with van der Waals surface area (Å²) >= 11 is 0. The maximum atomic E-state index is 11.7. The second kappa shape index (κ2) is 8.91. The third-order valence-electron chi connectivity index (χ3n) is 2.72. The summed E-state index contributed by atoms with van der Waals surface area (Å²) in [6.07, 6.45) is -0.0471. The summed E-state index contributed by atoms with van der Waals surface area (Å²) in [6.45, 7) is 4.23. The first-order chi connectivity index (χ1) is 8.50. The zero-order valence-corrected chi connectivity index (χ0v) is 12.2. The van der Waals surface area contributed by atoms with Gasteiger partial charge in [0.2, 0.25) is 5.91 Å². The number of rotatable bonds is 6. The number of amides is 1. The van der Waals surface area contributed by atoms with Crippen LogP contribution >= 0.6 is 12.4 Å². The van der Waals surface area contributed by atoms with Crippen LogP contribution in [0.2, 0.25) is 0 Å². The van der Waals surface area contributed by atoms with Crippen molar-refractivity contribution >= 4 is 18.3 Å². The van der Waals surface area contributed by atoms with Gasteiger partial charge in [0, 0.05) is 6.54 Å². The lowest BCUT2D eigenvalue weighted by Crippen LogP contribution is -2.42. The highest BCUT2D eigenvalue weighted by atomic mass is 35.5. The lowest BCUT2D eigenvalue weighted by atomic mass is 10.0. The maximum Gasteiger partial charge on any atom is 0.237 e. The largest absolute Gasteiger partial charge is 0.387 e. The van der Waals surface area contributed by atoms with Crippen molar-refractivity contribution in [3.63, 3.8) is 0 Å². The molecule has 19 heavy (non-hydrogen) atoms. The Morgan fingerprint density at radius 1 is 1.32 bits per heavy atom. The van der Waals surface area contributed by atoms with Crippen molar-refractivity contribution in [2.75, 3.05) is 6.54 Å². The third-order valence-corrected chi connectivity index (χ3v) is 2.72. The molecule has 108 valence electrons. The van der Waals surface area contributed by atoms with Crippen molar-refractivity contribution in [2.24, 2.45) is 11.7 Å². The minimum Gasteiger partial charge on any atom is -0.387 e. The van der Waals surface area contributed by atoms with Gasteiger partial charge in [0.1, 0.15) is 0 Å². The molecule has 0 bridgehead atoms. The van der Waals surface area contributed by atoms with Gasteiger partial charge in [-0.25, -0.2) is 0 Å². The predicted octanol–water partition coefficient (Wildman–Crippen LogP) is 1.63. The molecule has 0 aliphatic rings. The van der Waals surface area contributed by atoms with E-state index in [9.17, 15) is 9.90 Å². The number of carbonyl (C=O) groups excluding carboxylic acids is 1. The second-order valence-electron chi connectivity index (χ2n) is 4.91. The van der Waals surface area contributed by atoms with Gasteiger partial charge in [-0.2, -0.15) is 0 Å². The monoisotopic (exact) mass is 286 g/mol. The second-order valence-corrected chi connectivity index (χ2v) is 4.91. The van der Waals surface area contributed by atoms with E-state index in [1.807, 2.05) is 44.2 Å². The van der Waals surface area contributed by atoms with Gasteiger partial charge in [-0.15, -0.1) is 12.4 Å². The van der Waals surface area contributed by atoms with E-state index in [1.54, 1.807) is 0 Å². The first kappa shape index (κ1) is 17.9. The van der Waals surface area contributed by atoms with Crippen LogP contribution in [0.1, 0.15) is 31.9 Å². The molecule has 5 heteroatoms. The highest BCUT2D eigenvalue weighted by Gasteiger charge is 2.16. The Kier molecular flexibility index (Phi) is 8.39. The summed E-state index contributed by atoms with van der Waals surface area (Å²) in [6, 6.07) is 8.73. The van der Waals surface area contributed by atoms with Gasteiger partial charge in [-0.05, 0) is 17.9 Å². The summed E-state index contributed by atoms with van der Waals surface area (Å²) < 4.78 is 0. The molecule has 1 aromatic carbocycles. The number of benzene rings is 1. The van der Waals surface area contributed by atoms with Gasteiger partial charge >= 0.3 is 0 Å². The van der Waals surface area contributed by atoms with E-state index in [2.05, 4.69) is 5.32 Å². The van der Waals surface area contributed by atoms with E-state index in [0.29, 0.717) is 12.3 Å². The fourth-order valence-corrected chi connectivity index (χ4v) is 1.74.